The molecule has 0 spiro atoms. The normalized spacial score (nSPS) is 16.9. The topological polar surface area (TPSA) is 18.5 Å². The molecule has 0 heterocycles. The Morgan fingerprint density at radius 1 is 0.652 bits per heavy atom. The van der Waals surface area contributed by atoms with Crippen LogP contribution in [0.25, 0.3) is 0 Å². The van der Waals surface area contributed by atoms with Crippen molar-refractivity contribution >= 4 is 32.5 Å². The first-order valence-corrected chi connectivity index (χ1v) is 14.7. The molecule has 0 saturated carbocycles. The van der Waals surface area contributed by atoms with Crippen molar-refractivity contribution in [1.29, 1.82) is 0 Å². The van der Waals surface area contributed by atoms with Crippen LogP contribution in [0.15, 0.2) is 0 Å². The molecular formula is C18H42AlO2Si2+. The van der Waals surface area contributed by atoms with Crippen LogP contribution < -0.4 is 0 Å². The molecule has 0 N–H and O–H groups in total. The standard InChI is InChI=1S/C10H23OSi.C8H19OSi.Al/c1-8(2)12(11,9(3)4)10(5,6)7;1-7(2)10(6,9)8(3,4)5;/h8-9H,1-7H3;7H,1-6H3;/q2*-1;+3/t;10-;/m.0./s1. The minimum atomic E-state index is -1.91. The first-order valence-electron chi connectivity index (χ1n) is 9.21. The van der Waals surface area contributed by atoms with Crippen molar-refractivity contribution in [2.24, 2.45) is 0 Å². The van der Waals surface area contributed by atoms with Crippen LogP contribution in [0.5, 0.6) is 0 Å². The first-order chi connectivity index (χ1) is 10.0. The molecule has 5 heteroatoms. The Bertz CT molecular complexity index is 362. The molecule has 0 aromatic carbocycles. The molecule has 0 rings (SSSR count). The summed E-state index contributed by atoms with van der Waals surface area (Å²) < 4.78 is 13.4. The zero-order valence-electron chi connectivity index (χ0n) is 18.1. The first kappa shape index (κ1) is 23.9. The predicted octanol–water partition coefficient (Wildman–Crippen LogP) is 6.90. The van der Waals surface area contributed by atoms with Crippen LogP contribution in [0.2, 0.25) is 33.2 Å². The third-order valence-corrected chi connectivity index (χ3v) is 21.3. The van der Waals surface area contributed by atoms with Crippen molar-refractivity contribution in [1.82, 2.24) is 0 Å². The zero-order chi connectivity index (χ0) is 18.9. The second-order valence-corrected chi connectivity index (χ2v) is 22.5. The van der Waals surface area contributed by atoms with E-state index in [-0.39, 0.29) is 26.0 Å². The summed E-state index contributed by atoms with van der Waals surface area (Å²) in [6.45, 7) is 30.5. The monoisotopic (exact) mass is 373 g/mol. The summed E-state index contributed by atoms with van der Waals surface area (Å²) in [7, 11) is -3.73. The van der Waals surface area contributed by atoms with Gasteiger partial charge in [-0.25, -0.2) is 0 Å². The molecule has 0 amide bonds. The van der Waals surface area contributed by atoms with Crippen LogP contribution in [0.4, 0.5) is 0 Å². The summed E-state index contributed by atoms with van der Waals surface area (Å²) >= 11 is -0.389. The van der Waals surface area contributed by atoms with E-state index < -0.39 is 16.6 Å². The average molecular weight is 374 g/mol. The fourth-order valence-corrected chi connectivity index (χ4v) is 18.9. The molecule has 0 saturated heterocycles. The molecule has 0 aromatic rings. The van der Waals surface area contributed by atoms with Crippen molar-refractivity contribution < 1.29 is 6.96 Å². The Morgan fingerprint density at radius 2 is 1.04 bits per heavy atom. The van der Waals surface area contributed by atoms with Crippen LogP contribution in [0.3, 0.4) is 0 Å². The molecule has 1 atom stereocenters. The van der Waals surface area contributed by atoms with Gasteiger partial charge < -0.3 is 0 Å². The molecule has 0 aromatic heterocycles. The Labute approximate surface area is 155 Å². The zero-order valence-corrected chi connectivity index (χ0v) is 21.3. The summed E-state index contributed by atoms with van der Waals surface area (Å²) in [5.74, 6) is 0. The van der Waals surface area contributed by atoms with Crippen LogP contribution in [0.1, 0.15) is 83.1 Å². The van der Waals surface area contributed by atoms with Crippen LogP contribution in [0, 0.1) is 0 Å². The van der Waals surface area contributed by atoms with E-state index in [1.807, 2.05) is 0 Å². The van der Waals surface area contributed by atoms with Gasteiger partial charge in [-0.2, -0.15) is 0 Å². The maximum absolute atomic E-state index is 6.79. The number of hydrogen-bond acceptors (Lipinski definition) is 2. The number of rotatable bonds is 7. The molecule has 0 bridgehead atoms. The van der Waals surface area contributed by atoms with Gasteiger partial charge >= 0.3 is 156 Å². The molecule has 136 valence electrons. The fraction of sp³-hybridized carbons (Fsp3) is 1.00. The van der Waals surface area contributed by atoms with Crippen molar-refractivity contribution in [3.63, 3.8) is 0 Å². The molecule has 0 fully saturated rings. The van der Waals surface area contributed by atoms with Gasteiger partial charge in [-0.3, -0.25) is 0 Å². The van der Waals surface area contributed by atoms with Gasteiger partial charge in [-0.15, -0.1) is 0 Å². The molecule has 0 aliphatic heterocycles. The fourth-order valence-electron chi connectivity index (χ4n) is 4.23. The molecule has 0 aliphatic carbocycles. The minimum absolute atomic E-state index is 0.225. The summed E-state index contributed by atoms with van der Waals surface area (Å²) in [6.07, 6.45) is 0. The van der Waals surface area contributed by atoms with Crippen molar-refractivity contribution in [3.8, 4) is 0 Å². The van der Waals surface area contributed by atoms with E-state index >= 15 is 0 Å². The van der Waals surface area contributed by atoms with E-state index in [9.17, 15) is 0 Å². The predicted molar refractivity (Wildman–Crippen MR) is 110 cm³/mol. The van der Waals surface area contributed by atoms with Gasteiger partial charge in [0.1, 0.15) is 0 Å². The van der Waals surface area contributed by atoms with E-state index in [0.29, 0.717) is 16.6 Å². The molecular weight excluding hydrogens is 331 g/mol. The van der Waals surface area contributed by atoms with Crippen molar-refractivity contribution in [2.75, 3.05) is 0 Å². The van der Waals surface area contributed by atoms with Gasteiger partial charge in [-0.05, 0) is 0 Å². The summed E-state index contributed by atoms with van der Waals surface area (Å²) in [4.78, 5) is 0. The van der Waals surface area contributed by atoms with Gasteiger partial charge in [0.2, 0.25) is 0 Å². The Morgan fingerprint density at radius 3 is 1.26 bits per heavy atom. The number of hydrogen-bond donors (Lipinski definition) is 0. The SMILES string of the molecule is CC(C)[Si]([O][Al+][O][Si@@](C)(C(C)C)C(C)(C)C)(C(C)C)C(C)(C)C. The van der Waals surface area contributed by atoms with E-state index in [1.54, 1.807) is 0 Å². The molecule has 0 radical (unpaired) electrons. The van der Waals surface area contributed by atoms with Crippen LogP contribution in [-0.2, 0) is 6.96 Å². The third-order valence-electron chi connectivity index (χ3n) is 6.01. The van der Waals surface area contributed by atoms with Crippen LogP contribution >= 0.6 is 0 Å². The van der Waals surface area contributed by atoms with Crippen LogP contribution in [-0.4, -0.2) is 32.5 Å². The van der Waals surface area contributed by atoms with Gasteiger partial charge in [0.05, 0.1) is 0 Å². The Hall–Kier alpha value is 0.886. The van der Waals surface area contributed by atoms with E-state index in [2.05, 4.69) is 89.6 Å². The van der Waals surface area contributed by atoms with Gasteiger partial charge in [-0.1, -0.05) is 0 Å². The van der Waals surface area contributed by atoms with E-state index in [4.69, 9.17) is 6.96 Å². The van der Waals surface area contributed by atoms with Gasteiger partial charge in [0, 0.05) is 0 Å². The van der Waals surface area contributed by atoms with Crippen molar-refractivity contribution in [3.05, 3.63) is 0 Å². The quantitative estimate of drug-likeness (QED) is 0.452. The summed E-state index contributed by atoms with van der Waals surface area (Å²) in [5, 5.41) is 0.461. The molecule has 0 aliphatic rings. The second-order valence-electron chi connectivity index (χ2n) is 10.2. The second kappa shape index (κ2) is 8.06. The van der Waals surface area contributed by atoms with Gasteiger partial charge in [0.25, 0.3) is 0 Å². The Kier molecular flexibility index (Phi) is 8.37. The van der Waals surface area contributed by atoms with Gasteiger partial charge in [0.15, 0.2) is 0 Å². The third kappa shape index (κ3) is 4.96. The molecule has 2 nitrogen and oxygen atoms in total. The Balaban J connectivity index is 5.38. The van der Waals surface area contributed by atoms with E-state index in [0.717, 1.165) is 0 Å². The molecule has 23 heavy (non-hydrogen) atoms. The molecule has 0 unspecified atom stereocenters. The maximum atomic E-state index is 6.79. The average Bonchev–Trinajstić information content (AvgIpc) is 2.29. The summed E-state index contributed by atoms with van der Waals surface area (Å²) in [5.41, 5.74) is 1.79. The summed E-state index contributed by atoms with van der Waals surface area (Å²) in [6, 6.07) is 0. The van der Waals surface area contributed by atoms with E-state index in [1.165, 1.54) is 0 Å². The van der Waals surface area contributed by atoms with Crippen molar-refractivity contribution in [2.45, 2.75) is 116 Å².